The Balaban J connectivity index is 0.00000324. The highest BCUT2D eigenvalue weighted by Gasteiger charge is 2.23. The summed E-state index contributed by atoms with van der Waals surface area (Å²) in [7, 11) is 1.80. The predicted octanol–water partition coefficient (Wildman–Crippen LogP) is 3.13. The molecule has 2 aromatic rings. The molecule has 0 aliphatic carbocycles. The molecule has 2 aliphatic heterocycles. The van der Waals surface area contributed by atoms with Gasteiger partial charge in [0, 0.05) is 52.0 Å². The van der Waals surface area contributed by atoms with Gasteiger partial charge in [-0.2, -0.15) is 5.26 Å². The normalized spacial score (nSPS) is 20.8. The quantitative estimate of drug-likeness (QED) is 0.322. The molecule has 8 nitrogen and oxygen atoms in total. The minimum atomic E-state index is 0. The van der Waals surface area contributed by atoms with Gasteiger partial charge >= 0.3 is 0 Å². The number of nitrogens with zero attached hydrogens (tertiary/aromatic N) is 5. The fourth-order valence-corrected chi connectivity index (χ4v) is 4.50. The smallest absolute Gasteiger partial charge is 0.191 e. The largest absolute Gasteiger partial charge is 0.375 e. The van der Waals surface area contributed by atoms with Crippen molar-refractivity contribution in [3.8, 4) is 6.07 Å². The fraction of sp³-hybridized carbons (Fsp3) is 0.480. The Morgan fingerprint density at radius 1 is 1.24 bits per heavy atom. The number of nitriles is 1. The van der Waals surface area contributed by atoms with Gasteiger partial charge in [-0.05, 0) is 49.6 Å². The molecule has 1 aromatic carbocycles. The van der Waals surface area contributed by atoms with Crippen molar-refractivity contribution >= 4 is 41.4 Å². The number of ether oxygens (including phenoxy) is 1. The summed E-state index contributed by atoms with van der Waals surface area (Å²) in [6.07, 6.45) is 4.23. The number of aliphatic imine (C=N–C) groups is 1. The number of nitrogens with one attached hydrogen (secondary N) is 2. The zero-order chi connectivity index (χ0) is 23.0. The van der Waals surface area contributed by atoms with Gasteiger partial charge in [0.2, 0.25) is 0 Å². The molecule has 4 rings (SSSR count). The third-order valence-corrected chi connectivity index (χ3v) is 6.19. The van der Waals surface area contributed by atoms with Gasteiger partial charge in [-0.25, -0.2) is 4.98 Å². The second-order valence-corrected chi connectivity index (χ2v) is 8.63. The second kappa shape index (κ2) is 12.8. The minimum absolute atomic E-state index is 0. The molecule has 9 heteroatoms. The SMILES string of the molecule is CN=C(NCc1ccnc(N2CCOC(C)C2)c1)NC1CCCN(c2ccccc2C#N)C1.I. The van der Waals surface area contributed by atoms with E-state index < -0.39 is 0 Å². The first-order valence-electron chi connectivity index (χ1n) is 11.7. The maximum Gasteiger partial charge on any atom is 0.191 e. The Kier molecular flexibility index (Phi) is 9.77. The van der Waals surface area contributed by atoms with Crippen LogP contribution in [0.3, 0.4) is 0 Å². The summed E-state index contributed by atoms with van der Waals surface area (Å²) in [6, 6.07) is 14.6. The predicted molar refractivity (Wildman–Crippen MR) is 147 cm³/mol. The molecule has 2 unspecified atom stereocenters. The molecule has 1 aromatic heterocycles. The molecule has 2 aliphatic rings. The van der Waals surface area contributed by atoms with E-state index in [0.29, 0.717) is 6.54 Å². The number of morpholine rings is 1. The van der Waals surface area contributed by atoms with Crippen molar-refractivity contribution in [1.29, 1.82) is 5.26 Å². The van der Waals surface area contributed by atoms with E-state index in [4.69, 9.17) is 4.74 Å². The Morgan fingerprint density at radius 2 is 2.09 bits per heavy atom. The van der Waals surface area contributed by atoms with Crippen LogP contribution in [0.1, 0.15) is 30.9 Å². The van der Waals surface area contributed by atoms with E-state index in [1.54, 1.807) is 7.05 Å². The van der Waals surface area contributed by atoms with Crippen molar-refractivity contribution in [1.82, 2.24) is 15.6 Å². The number of hydrogen-bond acceptors (Lipinski definition) is 6. The van der Waals surface area contributed by atoms with Crippen LogP contribution in [-0.2, 0) is 11.3 Å². The monoisotopic (exact) mass is 575 g/mol. The van der Waals surface area contributed by atoms with Crippen molar-refractivity contribution in [3.05, 3.63) is 53.7 Å². The molecular formula is C25H34IN7O. The van der Waals surface area contributed by atoms with E-state index >= 15 is 0 Å². The lowest BCUT2D eigenvalue weighted by Crippen LogP contribution is -2.51. The third-order valence-electron chi connectivity index (χ3n) is 6.19. The molecule has 2 atom stereocenters. The lowest BCUT2D eigenvalue weighted by molar-refractivity contribution is 0.0529. The molecule has 3 heterocycles. The Hall–Kier alpha value is -2.58. The average molecular weight is 575 g/mol. The van der Waals surface area contributed by atoms with Crippen molar-refractivity contribution in [3.63, 3.8) is 0 Å². The summed E-state index contributed by atoms with van der Waals surface area (Å²) in [5.74, 6) is 1.78. The van der Waals surface area contributed by atoms with Crippen molar-refractivity contribution < 1.29 is 4.74 Å². The van der Waals surface area contributed by atoms with Gasteiger partial charge in [-0.1, -0.05) is 12.1 Å². The summed E-state index contributed by atoms with van der Waals surface area (Å²) in [4.78, 5) is 13.6. The number of para-hydroxylation sites is 1. The highest BCUT2D eigenvalue weighted by atomic mass is 127. The average Bonchev–Trinajstić information content (AvgIpc) is 2.87. The van der Waals surface area contributed by atoms with Crippen molar-refractivity contribution in [2.24, 2.45) is 4.99 Å². The number of anilines is 2. The molecule has 0 spiro atoms. The molecule has 0 bridgehead atoms. The first-order chi connectivity index (χ1) is 16.2. The summed E-state index contributed by atoms with van der Waals surface area (Å²) in [6.45, 7) is 7.03. The standard InChI is InChI=1S/C25H33N7O.HI/c1-19-17-32(12-13-33-19)24-14-20(9-10-28-24)16-29-25(27-2)30-22-7-5-11-31(18-22)23-8-4-3-6-21(23)15-26;/h3-4,6,8-10,14,19,22H,5,7,11-13,16-18H2,1-2H3,(H2,27,29,30);1H. The van der Waals surface area contributed by atoms with Crippen LogP contribution in [0, 0.1) is 11.3 Å². The maximum absolute atomic E-state index is 9.46. The molecular weight excluding hydrogens is 541 g/mol. The van der Waals surface area contributed by atoms with E-state index in [-0.39, 0.29) is 36.1 Å². The van der Waals surface area contributed by atoms with Crippen LogP contribution in [0.4, 0.5) is 11.5 Å². The van der Waals surface area contributed by atoms with Gasteiger partial charge in [0.15, 0.2) is 5.96 Å². The van der Waals surface area contributed by atoms with E-state index in [1.807, 2.05) is 36.5 Å². The minimum Gasteiger partial charge on any atom is -0.375 e. The summed E-state index contributed by atoms with van der Waals surface area (Å²) >= 11 is 0. The van der Waals surface area contributed by atoms with Crippen LogP contribution >= 0.6 is 24.0 Å². The Labute approximate surface area is 219 Å². The van der Waals surface area contributed by atoms with Crippen LogP contribution < -0.4 is 20.4 Å². The number of rotatable bonds is 5. The fourth-order valence-electron chi connectivity index (χ4n) is 4.50. The van der Waals surface area contributed by atoms with Gasteiger partial charge < -0.3 is 25.2 Å². The topological polar surface area (TPSA) is 88.8 Å². The second-order valence-electron chi connectivity index (χ2n) is 8.63. The maximum atomic E-state index is 9.46. The Bertz CT molecular complexity index is 1010. The molecule has 2 N–H and O–H groups in total. The van der Waals surface area contributed by atoms with Gasteiger partial charge in [0.1, 0.15) is 11.9 Å². The number of pyridine rings is 1. The van der Waals surface area contributed by atoms with E-state index in [0.717, 1.165) is 74.2 Å². The number of guanidine groups is 1. The van der Waals surface area contributed by atoms with E-state index in [2.05, 4.69) is 49.5 Å². The first kappa shape index (κ1) is 26.0. The Morgan fingerprint density at radius 3 is 2.88 bits per heavy atom. The van der Waals surface area contributed by atoms with Crippen LogP contribution in [0.2, 0.25) is 0 Å². The number of piperidine rings is 1. The molecule has 2 fully saturated rings. The number of aromatic nitrogens is 1. The highest BCUT2D eigenvalue weighted by Crippen LogP contribution is 2.23. The lowest BCUT2D eigenvalue weighted by atomic mass is 10.0. The molecule has 34 heavy (non-hydrogen) atoms. The van der Waals surface area contributed by atoms with Crippen LogP contribution in [0.25, 0.3) is 0 Å². The zero-order valence-corrected chi connectivity index (χ0v) is 22.2. The van der Waals surface area contributed by atoms with Gasteiger partial charge in [0.25, 0.3) is 0 Å². The van der Waals surface area contributed by atoms with Crippen LogP contribution in [0.5, 0.6) is 0 Å². The summed E-state index contributed by atoms with van der Waals surface area (Å²) < 4.78 is 5.65. The van der Waals surface area contributed by atoms with Gasteiger partial charge in [-0.15, -0.1) is 24.0 Å². The van der Waals surface area contributed by atoms with Crippen LogP contribution in [0.15, 0.2) is 47.6 Å². The van der Waals surface area contributed by atoms with Crippen LogP contribution in [-0.4, -0.2) is 62.9 Å². The molecule has 0 radical (unpaired) electrons. The van der Waals surface area contributed by atoms with Gasteiger partial charge in [-0.3, -0.25) is 4.99 Å². The number of benzene rings is 1. The highest BCUT2D eigenvalue weighted by molar-refractivity contribution is 14.0. The lowest BCUT2D eigenvalue weighted by Gasteiger charge is -2.35. The zero-order valence-electron chi connectivity index (χ0n) is 19.9. The van der Waals surface area contributed by atoms with Gasteiger partial charge in [0.05, 0.1) is 24.0 Å². The first-order valence-corrected chi connectivity index (χ1v) is 11.7. The molecule has 0 amide bonds. The summed E-state index contributed by atoms with van der Waals surface area (Å²) in [5.41, 5.74) is 2.90. The van der Waals surface area contributed by atoms with Crippen molar-refractivity contribution in [2.75, 3.05) is 49.6 Å². The number of hydrogen-bond donors (Lipinski definition) is 2. The van der Waals surface area contributed by atoms with E-state index in [9.17, 15) is 5.26 Å². The third kappa shape index (κ3) is 6.73. The van der Waals surface area contributed by atoms with E-state index in [1.165, 1.54) is 0 Å². The number of halogens is 1. The molecule has 182 valence electrons. The molecule has 2 saturated heterocycles. The van der Waals surface area contributed by atoms with Crippen molar-refractivity contribution in [2.45, 2.75) is 38.5 Å². The molecule has 0 saturated carbocycles. The summed E-state index contributed by atoms with van der Waals surface area (Å²) in [5, 5.41) is 16.5.